The molecule has 2 heteroatoms. The molecule has 0 aliphatic rings. The van der Waals surface area contributed by atoms with Crippen LogP contribution in [0, 0.1) is 6.92 Å². The summed E-state index contributed by atoms with van der Waals surface area (Å²) < 4.78 is 5.34. The maximum absolute atomic E-state index is 5.34. The van der Waals surface area contributed by atoms with Crippen molar-refractivity contribution >= 4 is 11.0 Å². The van der Waals surface area contributed by atoms with Crippen molar-refractivity contribution in [1.82, 2.24) is 5.32 Å². The van der Waals surface area contributed by atoms with Crippen LogP contribution in [-0.4, -0.2) is 13.6 Å². The van der Waals surface area contributed by atoms with Crippen LogP contribution >= 0.6 is 0 Å². The van der Waals surface area contributed by atoms with Gasteiger partial charge in [0.25, 0.3) is 0 Å². The number of fused-ring (bicyclic) bond motifs is 1. The third-order valence-corrected chi connectivity index (χ3v) is 2.66. The van der Waals surface area contributed by atoms with E-state index in [0.29, 0.717) is 0 Å². The van der Waals surface area contributed by atoms with Crippen molar-refractivity contribution in [1.29, 1.82) is 0 Å². The molecule has 0 bridgehead atoms. The quantitative estimate of drug-likeness (QED) is 0.802. The van der Waals surface area contributed by atoms with Crippen molar-refractivity contribution in [2.75, 3.05) is 13.6 Å². The summed E-state index contributed by atoms with van der Waals surface area (Å²) in [6, 6.07) is 6.24. The number of likely N-dealkylation sites (N-methyl/N-ethyl adjacent to an activating group) is 1. The third kappa shape index (κ3) is 1.53. The smallest absolute Gasteiger partial charge is 0.134 e. The van der Waals surface area contributed by atoms with E-state index < -0.39 is 0 Å². The van der Waals surface area contributed by atoms with Crippen molar-refractivity contribution in [3.63, 3.8) is 0 Å². The molecule has 2 rings (SSSR count). The Morgan fingerprint density at radius 2 is 2.14 bits per heavy atom. The minimum atomic E-state index is 0.982. The van der Waals surface area contributed by atoms with Crippen LogP contribution in [0.15, 0.2) is 28.9 Å². The molecule has 0 spiro atoms. The van der Waals surface area contributed by atoms with Crippen LogP contribution < -0.4 is 5.32 Å². The topological polar surface area (TPSA) is 25.2 Å². The lowest BCUT2D eigenvalue weighted by Gasteiger charge is -2.05. The Morgan fingerprint density at radius 3 is 2.93 bits per heavy atom. The molecule has 74 valence electrons. The van der Waals surface area contributed by atoms with E-state index in [9.17, 15) is 0 Å². The first-order valence-corrected chi connectivity index (χ1v) is 4.93. The van der Waals surface area contributed by atoms with E-state index in [2.05, 4.69) is 18.3 Å². The molecule has 14 heavy (non-hydrogen) atoms. The van der Waals surface area contributed by atoms with Crippen molar-refractivity contribution in [3.8, 4) is 0 Å². The van der Waals surface area contributed by atoms with Crippen molar-refractivity contribution in [3.05, 3.63) is 35.6 Å². The van der Waals surface area contributed by atoms with Crippen molar-refractivity contribution < 1.29 is 4.42 Å². The average Bonchev–Trinajstić information content (AvgIpc) is 2.66. The number of rotatable bonds is 3. The summed E-state index contributed by atoms with van der Waals surface area (Å²) >= 11 is 0. The predicted molar refractivity (Wildman–Crippen MR) is 58.6 cm³/mol. The zero-order valence-corrected chi connectivity index (χ0v) is 8.63. The number of hydrogen-bond acceptors (Lipinski definition) is 2. The Kier molecular flexibility index (Phi) is 2.55. The molecule has 0 aliphatic heterocycles. The van der Waals surface area contributed by atoms with Gasteiger partial charge in [-0.15, -0.1) is 0 Å². The second-order valence-corrected chi connectivity index (χ2v) is 3.54. The Labute approximate surface area is 83.9 Å². The van der Waals surface area contributed by atoms with Gasteiger partial charge in [-0.1, -0.05) is 6.07 Å². The fraction of sp³-hybridized carbons (Fsp3) is 0.333. The molecule has 0 amide bonds. The number of benzene rings is 1. The normalized spacial score (nSPS) is 11.0. The summed E-state index contributed by atoms with van der Waals surface area (Å²) in [6.45, 7) is 3.17. The van der Waals surface area contributed by atoms with E-state index in [1.807, 2.05) is 19.2 Å². The summed E-state index contributed by atoms with van der Waals surface area (Å²) in [5, 5.41) is 4.40. The summed E-state index contributed by atoms with van der Waals surface area (Å²) in [5.41, 5.74) is 3.72. The van der Waals surface area contributed by atoms with Crippen molar-refractivity contribution in [2.45, 2.75) is 13.3 Å². The van der Waals surface area contributed by atoms with Crippen LogP contribution in [0.4, 0.5) is 0 Å². The van der Waals surface area contributed by atoms with E-state index >= 15 is 0 Å². The lowest BCUT2D eigenvalue weighted by Crippen LogP contribution is -2.10. The van der Waals surface area contributed by atoms with Gasteiger partial charge in [0.15, 0.2) is 0 Å². The van der Waals surface area contributed by atoms with Crippen LogP contribution in [0.5, 0.6) is 0 Å². The van der Waals surface area contributed by atoms with E-state index in [1.165, 1.54) is 16.5 Å². The molecule has 2 aromatic rings. The van der Waals surface area contributed by atoms with Gasteiger partial charge in [-0.2, -0.15) is 0 Å². The standard InChI is InChI=1S/C12H15NO/c1-9-10(5-7-13-2)3-4-12-11(9)6-8-14-12/h3-4,6,8,13H,5,7H2,1-2H3. The Balaban J connectivity index is 2.40. The first-order valence-electron chi connectivity index (χ1n) is 4.93. The number of nitrogens with one attached hydrogen (secondary N) is 1. The second-order valence-electron chi connectivity index (χ2n) is 3.54. The predicted octanol–water partition coefficient (Wildman–Crippen LogP) is 2.50. The summed E-state index contributed by atoms with van der Waals surface area (Å²) in [5.74, 6) is 0. The van der Waals surface area contributed by atoms with Gasteiger partial charge < -0.3 is 9.73 Å². The van der Waals surface area contributed by atoms with Crippen LogP contribution in [0.1, 0.15) is 11.1 Å². The summed E-state index contributed by atoms with van der Waals surface area (Å²) in [4.78, 5) is 0. The molecule has 1 aromatic carbocycles. The lowest BCUT2D eigenvalue weighted by molar-refractivity contribution is 0.615. The van der Waals surface area contributed by atoms with Gasteiger partial charge in [0.1, 0.15) is 5.58 Å². The van der Waals surface area contributed by atoms with Gasteiger partial charge >= 0.3 is 0 Å². The Hall–Kier alpha value is -1.28. The number of aryl methyl sites for hydroxylation is 1. The molecule has 0 aliphatic carbocycles. The molecule has 0 unspecified atom stereocenters. The Bertz CT molecular complexity index is 431. The van der Waals surface area contributed by atoms with E-state index in [-0.39, 0.29) is 0 Å². The highest BCUT2D eigenvalue weighted by Crippen LogP contribution is 2.22. The molecule has 1 heterocycles. The summed E-state index contributed by atoms with van der Waals surface area (Å²) in [7, 11) is 1.98. The lowest BCUT2D eigenvalue weighted by atomic mass is 10.0. The van der Waals surface area contributed by atoms with Crippen LogP contribution in [-0.2, 0) is 6.42 Å². The molecule has 2 nitrogen and oxygen atoms in total. The van der Waals surface area contributed by atoms with Crippen LogP contribution in [0.2, 0.25) is 0 Å². The maximum atomic E-state index is 5.34. The van der Waals surface area contributed by atoms with Gasteiger partial charge in [-0.3, -0.25) is 0 Å². The average molecular weight is 189 g/mol. The number of furan rings is 1. The molecule has 1 N–H and O–H groups in total. The van der Waals surface area contributed by atoms with E-state index in [0.717, 1.165) is 18.5 Å². The highest BCUT2D eigenvalue weighted by atomic mass is 16.3. The van der Waals surface area contributed by atoms with Crippen LogP contribution in [0.3, 0.4) is 0 Å². The van der Waals surface area contributed by atoms with Gasteiger partial charge in [0.05, 0.1) is 6.26 Å². The fourth-order valence-electron chi connectivity index (χ4n) is 1.76. The molecule has 0 saturated heterocycles. The largest absolute Gasteiger partial charge is 0.464 e. The molecule has 0 radical (unpaired) electrons. The fourth-order valence-corrected chi connectivity index (χ4v) is 1.76. The van der Waals surface area contributed by atoms with Gasteiger partial charge in [-0.25, -0.2) is 0 Å². The van der Waals surface area contributed by atoms with Crippen molar-refractivity contribution in [2.24, 2.45) is 0 Å². The van der Waals surface area contributed by atoms with Gasteiger partial charge in [0.2, 0.25) is 0 Å². The first kappa shape index (κ1) is 9.28. The van der Waals surface area contributed by atoms with E-state index in [4.69, 9.17) is 4.42 Å². The molecule has 0 fully saturated rings. The highest BCUT2D eigenvalue weighted by molar-refractivity contribution is 5.81. The molecule has 0 saturated carbocycles. The SMILES string of the molecule is CNCCc1ccc2occc2c1C. The van der Waals surface area contributed by atoms with Gasteiger partial charge in [-0.05, 0) is 50.2 Å². The summed E-state index contributed by atoms with van der Waals surface area (Å²) in [6.07, 6.45) is 2.82. The molecule has 1 aromatic heterocycles. The van der Waals surface area contributed by atoms with Gasteiger partial charge in [0, 0.05) is 5.39 Å². The Morgan fingerprint density at radius 1 is 1.29 bits per heavy atom. The zero-order chi connectivity index (χ0) is 9.97. The second kappa shape index (κ2) is 3.84. The first-order chi connectivity index (χ1) is 6.83. The highest BCUT2D eigenvalue weighted by Gasteiger charge is 2.04. The maximum Gasteiger partial charge on any atom is 0.134 e. The zero-order valence-electron chi connectivity index (χ0n) is 8.63. The van der Waals surface area contributed by atoms with Crippen LogP contribution in [0.25, 0.3) is 11.0 Å². The number of hydrogen-bond donors (Lipinski definition) is 1. The third-order valence-electron chi connectivity index (χ3n) is 2.66. The minimum absolute atomic E-state index is 0.982. The van der Waals surface area contributed by atoms with E-state index in [1.54, 1.807) is 6.26 Å². The molecular formula is C12H15NO. The minimum Gasteiger partial charge on any atom is -0.464 e. The molecular weight excluding hydrogens is 174 g/mol. The molecule has 0 atom stereocenters. The monoisotopic (exact) mass is 189 g/mol.